The van der Waals surface area contributed by atoms with Crippen LogP contribution in [0.25, 0.3) is 43.6 Å². The summed E-state index contributed by atoms with van der Waals surface area (Å²) in [5, 5.41) is 10.5. The first-order valence-electron chi connectivity index (χ1n) is 16.0. The Kier molecular flexibility index (Phi) is 7.40. The quantitative estimate of drug-likeness (QED) is 0.110. The number of nitrogens with one attached hydrogen (secondary N) is 2. The van der Waals surface area contributed by atoms with Crippen molar-refractivity contribution in [1.82, 2.24) is 19.8 Å². The van der Waals surface area contributed by atoms with Gasteiger partial charge >= 0.3 is 0 Å². The SMILES string of the molecule is C=CC(=O)NCCCCCO/C=C\C.CC1CC2OC1(C)n1c3ccccc3c3c4c(c5c6ccccc6n2c5c31)C(=O)NC4. The summed E-state index contributed by atoms with van der Waals surface area (Å²) >= 11 is 0. The van der Waals surface area contributed by atoms with E-state index in [1.165, 1.54) is 27.9 Å². The Bertz CT molecular complexity index is 2020. The number of allylic oxidation sites excluding steroid dienone is 1. The first-order valence-corrected chi connectivity index (χ1v) is 16.0. The van der Waals surface area contributed by atoms with Crippen LogP contribution in [-0.4, -0.2) is 34.1 Å². The minimum Gasteiger partial charge on any atom is -0.502 e. The van der Waals surface area contributed by atoms with Gasteiger partial charge in [0.2, 0.25) is 5.91 Å². The zero-order chi connectivity index (χ0) is 31.3. The van der Waals surface area contributed by atoms with Crippen LogP contribution in [0.5, 0.6) is 0 Å². The van der Waals surface area contributed by atoms with E-state index in [0.717, 1.165) is 65.2 Å². The molecule has 8 rings (SSSR count). The van der Waals surface area contributed by atoms with Gasteiger partial charge in [0.15, 0.2) is 0 Å². The van der Waals surface area contributed by atoms with Crippen molar-refractivity contribution >= 4 is 55.4 Å². The molecule has 2 amide bonds. The molecule has 232 valence electrons. The van der Waals surface area contributed by atoms with Gasteiger partial charge in [0.1, 0.15) is 12.0 Å². The van der Waals surface area contributed by atoms with Crippen LogP contribution in [-0.2, 0) is 26.5 Å². The fraction of sp³-hybridized carbons (Fsp3) is 0.351. The zero-order valence-corrected chi connectivity index (χ0v) is 26.2. The average Bonchev–Trinajstić information content (AvgIpc) is 3.76. The molecule has 0 radical (unpaired) electrons. The van der Waals surface area contributed by atoms with Gasteiger partial charge < -0.3 is 29.2 Å². The van der Waals surface area contributed by atoms with Crippen LogP contribution < -0.4 is 10.6 Å². The number of hydrogen-bond acceptors (Lipinski definition) is 4. The minimum absolute atomic E-state index is 0.0338. The topological polar surface area (TPSA) is 86.5 Å². The van der Waals surface area contributed by atoms with Crippen LogP contribution >= 0.6 is 0 Å². The second-order valence-corrected chi connectivity index (χ2v) is 12.4. The molecule has 45 heavy (non-hydrogen) atoms. The third-order valence-electron chi connectivity index (χ3n) is 9.75. The average molecular weight is 605 g/mol. The lowest BCUT2D eigenvalue weighted by Gasteiger charge is -2.31. The predicted octanol–water partition coefficient (Wildman–Crippen LogP) is 7.40. The van der Waals surface area contributed by atoms with Crippen molar-refractivity contribution in [2.75, 3.05) is 13.2 Å². The molecule has 8 nitrogen and oxygen atoms in total. The second kappa shape index (κ2) is 11.4. The van der Waals surface area contributed by atoms with Crippen molar-refractivity contribution in [1.29, 1.82) is 0 Å². The van der Waals surface area contributed by atoms with E-state index in [4.69, 9.17) is 9.47 Å². The van der Waals surface area contributed by atoms with Gasteiger partial charge in [-0.1, -0.05) is 56.0 Å². The lowest BCUT2D eigenvalue weighted by atomic mass is 9.95. The standard InChI is InChI=1S/C26H21N3O2.C11H19NO2/c1-13-11-19-28-17-9-5-3-7-14(17)21-22-16(12-27-25(22)30)20-15-8-4-6-10-18(15)29(24(20)23(21)28)26(13,2)31-19;1-3-9-14-10-7-5-6-8-12-11(13)4-2/h3-10,13,19H,11-12H2,1-2H3,(H,27,30);3-4,9H,2,5-8,10H2,1H3,(H,12,13)/b;9-3-. The number of hydrogen-bond donors (Lipinski definition) is 2. The molecule has 3 unspecified atom stereocenters. The first kappa shape index (κ1) is 29.2. The van der Waals surface area contributed by atoms with Crippen molar-refractivity contribution in [3.63, 3.8) is 0 Å². The molecule has 3 aromatic carbocycles. The Morgan fingerprint density at radius 1 is 1.09 bits per heavy atom. The Hall–Kier alpha value is -4.56. The summed E-state index contributed by atoms with van der Waals surface area (Å²) < 4.78 is 16.9. The van der Waals surface area contributed by atoms with Gasteiger partial charge in [-0.25, -0.2) is 0 Å². The van der Waals surface area contributed by atoms with Crippen LogP contribution in [0.1, 0.15) is 68.6 Å². The summed E-state index contributed by atoms with van der Waals surface area (Å²) in [6, 6.07) is 17.1. The molecule has 5 aromatic rings. The molecular formula is C37H40N4O4. The Morgan fingerprint density at radius 3 is 2.58 bits per heavy atom. The van der Waals surface area contributed by atoms with Crippen LogP contribution in [0.15, 0.2) is 73.5 Å². The summed E-state index contributed by atoms with van der Waals surface area (Å²) in [6.07, 6.45) is 8.81. The lowest BCUT2D eigenvalue weighted by Crippen LogP contribution is -2.34. The number of ether oxygens (including phenoxy) is 2. The highest BCUT2D eigenvalue weighted by molar-refractivity contribution is 6.31. The number of fused-ring (bicyclic) bond motifs is 13. The van der Waals surface area contributed by atoms with Crippen molar-refractivity contribution in [2.24, 2.45) is 5.92 Å². The van der Waals surface area contributed by atoms with Crippen LogP contribution in [0.2, 0.25) is 0 Å². The first-order chi connectivity index (χ1) is 21.9. The number of amides is 2. The molecule has 0 spiro atoms. The number of nitrogens with zero attached hydrogens (tertiary/aromatic N) is 2. The molecule has 0 saturated carbocycles. The fourth-order valence-electron chi connectivity index (χ4n) is 7.57. The fourth-order valence-corrected chi connectivity index (χ4v) is 7.57. The second-order valence-electron chi connectivity index (χ2n) is 12.4. The number of carbonyl (C=O) groups excluding carboxylic acids is 2. The number of unbranched alkanes of at least 4 members (excludes halogenated alkanes) is 2. The smallest absolute Gasteiger partial charge is 0.252 e. The molecule has 2 N–H and O–H groups in total. The van der Waals surface area contributed by atoms with Gasteiger partial charge in [-0.05, 0) is 63.3 Å². The number of para-hydroxylation sites is 2. The van der Waals surface area contributed by atoms with Crippen molar-refractivity contribution < 1.29 is 19.1 Å². The summed E-state index contributed by atoms with van der Waals surface area (Å²) in [6.45, 7) is 11.9. The van der Waals surface area contributed by atoms with Gasteiger partial charge in [-0.15, -0.1) is 0 Å². The van der Waals surface area contributed by atoms with E-state index in [-0.39, 0.29) is 18.0 Å². The number of carbonyl (C=O) groups is 2. The summed E-state index contributed by atoms with van der Waals surface area (Å²) in [5.41, 5.74) is 6.20. The highest BCUT2D eigenvalue weighted by atomic mass is 16.5. The molecule has 5 heterocycles. The van der Waals surface area contributed by atoms with E-state index in [1.54, 1.807) is 6.26 Å². The van der Waals surface area contributed by atoms with Crippen molar-refractivity contribution in [3.8, 4) is 0 Å². The van der Waals surface area contributed by atoms with E-state index in [2.05, 4.69) is 88.7 Å². The third-order valence-corrected chi connectivity index (χ3v) is 9.75. The van der Waals surface area contributed by atoms with E-state index in [1.807, 2.05) is 13.0 Å². The number of benzene rings is 3. The largest absolute Gasteiger partial charge is 0.502 e. The molecule has 2 bridgehead atoms. The molecule has 1 saturated heterocycles. The number of aromatic nitrogens is 2. The maximum Gasteiger partial charge on any atom is 0.252 e. The predicted molar refractivity (Wildman–Crippen MR) is 179 cm³/mol. The van der Waals surface area contributed by atoms with Crippen LogP contribution in [0, 0.1) is 5.92 Å². The van der Waals surface area contributed by atoms with Crippen LogP contribution in [0.4, 0.5) is 0 Å². The highest BCUT2D eigenvalue weighted by Crippen LogP contribution is 2.55. The highest BCUT2D eigenvalue weighted by Gasteiger charge is 2.50. The molecule has 8 heteroatoms. The lowest BCUT2D eigenvalue weighted by molar-refractivity contribution is -0.116. The van der Waals surface area contributed by atoms with Crippen molar-refractivity contribution in [3.05, 3.63) is 84.7 Å². The maximum absolute atomic E-state index is 13.1. The Labute approximate surface area is 262 Å². The van der Waals surface area contributed by atoms with E-state index >= 15 is 0 Å². The summed E-state index contributed by atoms with van der Waals surface area (Å²) in [7, 11) is 0. The van der Waals surface area contributed by atoms with Gasteiger partial charge in [0.25, 0.3) is 5.91 Å². The van der Waals surface area contributed by atoms with Crippen LogP contribution in [0.3, 0.4) is 0 Å². The van der Waals surface area contributed by atoms with Gasteiger partial charge in [-0.2, -0.15) is 0 Å². The van der Waals surface area contributed by atoms with Gasteiger partial charge in [0, 0.05) is 40.6 Å². The summed E-state index contributed by atoms with van der Waals surface area (Å²) in [5.74, 6) is 0.288. The van der Waals surface area contributed by atoms with Crippen molar-refractivity contribution in [2.45, 2.75) is 65.0 Å². The molecule has 1 fully saturated rings. The maximum atomic E-state index is 13.1. The zero-order valence-electron chi connectivity index (χ0n) is 26.2. The normalized spacial score (nSPS) is 21.4. The molecule has 2 aromatic heterocycles. The minimum atomic E-state index is -0.441. The van der Waals surface area contributed by atoms with E-state index in [0.29, 0.717) is 19.0 Å². The Balaban J connectivity index is 0.000000200. The van der Waals surface area contributed by atoms with E-state index < -0.39 is 5.72 Å². The third kappa shape index (κ3) is 4.45. The molecule has 0 aliphatic carbocycles. The van der Waals surface area contributed by atoms with E-state index in [9.17, 15) is 9.59 Å². The monoisotopic (exact) mass is 604 g/mol. The molecule has 3 aliphatic rings. The summed E-state index contributed by atoms with van der Waals surface area (Å²) in [4.78, 5) is 23.9. The number of rotatable bonds is 8. The molecule has 3 atom stereocenters. The van der Waals surface area contributed by atoms with Gasteiger partial charge in [0.05, 0.1) is 40.5 Å². The molecular weight excluding hydrogens is 564 g/mol. The Morgan fingerprint density at radius 2 is 1.82 bits per heavy atom. The van der Waals surface area contributed by atoms with Gasteiger partial charge in [-0.3, -0.25) is 9.59 Å². The molecule has 3 aliphatic heterocycles.